The van der Waals surface area contributed by atoms with Gasteiger partial charge in [-0.05, 0) is 30.7 Å². The number of halogens is 2. The predicted octanol–water partition coefficient (Wildman–Crippen LogP) is 3.61. The Hall–Kier alpha value is -1.39. The standard InChI is InChI=1S/C14H17ClFN3/c1-9(2)6-17-7-10-8-18-19-14(10)12-4-3-11(16)5-13(12)15/h3-5,8-9,17H,6-7H2,1-2H3,(H,18,19). The van der Waals surface area contributed by atoms with Crippen LogP contribution in [-0.4, -0.2) is 16.7 Å². The number of nitrogens with one attached hydrogen (secondary N) is 2. The van der Waals surface area contributed by atoms with E-state index in [4.69, 9.17) is 11.6 Å². The fourth-order valence-electron chi connectivity index (χ4n) is 1.87. The molecule has 0 fully saturated rings. The second-order valence-electron chi connectivity index (χ2n) is 4.92. The first-order valence-corrected chi connectivity index (χ1v) is 6.64. The van der Waals surface area contributed by atoms with Crippen LogP contribution in [0, 0.1) is 11.7 Å². The summed E-state index contributed by atoms with van der Waals surface area (Å²) in [4.78, 5) is 0. The van der Waals surface area contributed by atoms with E-state index < -0.39 is 0 Å². The molecule has 19 heavy (non-hydrogen) atoms. The molecule has 0 atom stereocenters. The Morgan fingerprint density at radius 2 is 2.21 bits per heavy atom. The van der Waals surface area contributed by atoms with Gasteiger partial charge in [-0.3, -0.25) is 5.10 Å². The van der Waals surface area contributed by atoms with Crippen LogP contribution in [0.3, 0.4) is 0 Å². The number of aromatic amines is 1. The number of benzene rings is 1. The summed E-state index contributed by atoms with van der Waals surface area (Å²) in [6, 6.07) is 4.37. The second-order valence-corrected chi connectivity index (χ2v) is 5.33. The highest BCUT2D eigenvalue weighted by Gasteiger charge is 2.11. The molecule has 102 valence electrons. The van der Waals surface area contributed by atoms with E-state index in [1.807, 2.05) is 0 Å². The van der Waals surface area contributed by atoms with Crippen LogP contribution in [-0.2, 0) is 6.54 Å². The number of nitrogens with zero attached hydrogens (tertiary/aromatic N) is 1. The number of aromatic nitrogens is 2. The van der Waals surface area contributed by atoms with E-state index >= 15 is 0 Å². The van der Waals surface area contributed by atoms with Crippen LogP contribution in [0.4, 0.5) is 4.39 Å². The number of hydrogen-bond donors (Lipinski definition) is 2. The fourth-order valence-corrected chi connectivity index (χ4v) is 2.13. The third-order valence-electron chi connectivity index (χ3n) is 2.79. The molecule has 0 spiro atoms. The molecule has 0 unspecified atom stereocenters. The molecule has 1 aromatic carbocycles. The van der Waals surface area contributed by atoms with E-state index in [-0.39, 0.29) is 5.82 Å². The lowest BCUT2D eigenvalue weighted by Gasteiger charge is -2.08. The summed E-state index contributed by atoms with van der Waals surface area (Å²) in [5.74, 6) is 0.248. The average molecular weight is 282 g/mol. The van der Waals surface area contributed by atoms with Gasteiger partial charge in [-0.25, -0.2) is 4.39 Å². The van der Waals surface area contributed by atoms with Gasteiger partial charge in [-0.2, -0.15) is 5.10 Å². The minimum atomic E-state index is -0.340. The van der Waals surface area contributed by atoms with Gasteiger partial charge in [-0.1, -0.05) is 25.4 Å². The number of H-pyrrole nitrogens is 1. The minimum absolute atomic E-state index is 0.340. The Bertz CT molecular complexity index is 551. The summed E-state index contributed by atoms with van der Waals surface area (Å²) >= 11 is 6.07. The van der Waals surface area contributed by atoms with Gasteiger partial charge < -0.3 is 5.32 Å². The molecular formula is C14H17ClFN3. The van der Waals surface area contributed by atoms with E-state index in [1.54, 1.807) is 12.3 Å². The summed E-state index contributed by atoms with van der Waals surface area (Å²) in [7, 11) is 0. The molecule has 0 aliphatic heterocycles. The van der Waals surface area contributed by atoms with Gasteiger partial charge in [0.15, 0.2) is 0 Å². The molecule has 5 heteroatoms. The third-order valence-corrected chi connectivity index (χ3v) is 3.10. The lowest BCUT2D eigenvalue weighted by molar-refractivity contribution is 0.553. The smallest absolute Gasteiger partial charge is 0.124 e. The van der Waals surface area contributed by atoms with Crippen molar-refractivity contribution in [3.8, 4) is 11.3 Å². The SMILES string of the molecule is CC(C)CNCc1cn[nH]c1-c1ccc(F)cc1Cl. The Morgan fingerprint density at radius 3 is 2.89 bits per heavy atom. The first-order chi connectivity index (χ1) is 9.08. The lowest BCUT2D eigenvalue weighted by Crippen LogP contribution is -2.19. The maximum Gasteiger partial charge on any atom is 0.124 e. The molecule has 0 amide bonds. The van der Waals surface area contributed by atoms with Gasteiger partial charge in [0.05, 0.1) is 16.9 Å². The van der Waals surface area contributed by atoms with Crippen molar-refractivity contribution >= 4 is 11.6 Å². The molecule has 0 saturated carbocycles. The zero-order valence-corrected chi connectivity index (χ0v) is 11.8. The first-order valence-electron chi connectivity index (χ1n) is 6.26. The van der Waals surface area contributed by atoms with Crippen LogP contribution in [0.5, 0.6) is 0 Å². The maximum absolute atomic E-state index is 13.1. The highest BCUT2D eigenvalue weighted by molar-refractivity contribution is 6.33. The van der Waals surface area contributed by atoms with Crippen LogP contribution >= 0.6 is 11.6 Å². The zero-order chi connectivity index (χ0) is 13.8. The molecule has 3 nitrogen and oxygen atoms in total. The molecule has 1 heterocycles. The maximum atomic E-state index is 13.1. The summed E-state index contributed by atoms with van der Waals surface area (Å²) in [5.41, 5.74) is 2.62. The van der Waals surface area contributed by atoms with E-state index in [9.17, 15) is 4.39 Å². The van der Waals surface area contributed by atoms with Crippen molar-refractivity contribution in [2.24, 2.45) is 5.92 Å². The molecule has 0 aliphatic rings. The van der Waals surface area contributed by atoms with E-state index in [0.29, 0.717) is 17.5 Å². The molecule has 0 aliphatic carbocycles. The highest BCUT2D eigenvalue weighted by atomic mass is 35.5. The Kier molecular flexibility index (Phi) is 4.56. The monoisotopic (exact) mass is 281 g/mol. The lowest BCUT2D eigenvalue weighted by atomic mass is 10.1. The minimum Gasteiger partial charge on any atom is -0.312 e. The highest BCUT2D eigenvalue weighted by Crippen LogP contribution is 2.29. The number of hydrogen-bond acceptors (Lipinski definition) is 2. The Morgan fingerprint density at radius 1 is 1.42 bits per heavy atom. The van der Waals surface area contributed by atoms with Crippen molar-refractivity contribution < 1.29 is 4.39 Å². The second kappa shape index (κ2) is 6.17. The summed E-state index contributed by atoms with van der Waals surface area (Å²) in [6.45, 7) is 5.94. The molecule has 2 aromatic rings. The number of rotatable bonds is 5. The normalized spacial score (nSPS) is 11.2. The van der Waals surface area contributed by atoms with Gasteiger partial charge in [0, 0.05) is 17.7 Å². The quantitative estimate of drug-likeness (QED) is 0.879. The van der Waals surface area contributed by atoms with Gasteiger partial charge in [0.1, 0.15) is 5.82 Å². The van der Waals surface area contributed by atoms with Crippen molar-refractivity contribution in [3.63, 3.8) is 0 Å². The van der Waals surface area contributed by atoms with Crippen LogP contribution < -0.4 is 5.32 Å². The van der Waals surface area contributed by atoms with Crippen molar-refractivity contribution in [2.75, 3.05) is 6.54 Å². The van der Waals surface area contributed by atoms with Crippen LogP contribution in [0.25, 0.3) is 11.3 Å². The van der Waals surface area contributed by atoms with Crippen molar-refractivity contribution in [2.45, 2.75) is 20.4 Å². The molecule has 2 rings (SSSR count). The fraction of sp³-hybridized carbons (Fsp3) is 0.357. The Labute approximate surface area is 117 Å². The topological polar surface area (TPSA) is 40.7 Å². The molecular weight excluding hydrogens is 265 g/mol. The Balaban J connectivity index is 2.19. The van der Waals surface area contributed by atoms with Gasteiger partial charge >= 0.3 is 0 Å². The van der Waals surface area contributed by atoms with Gasteiger partial charge in [0.25, 0.3) is 0 Å². The summed E-state index contributed by atoms with van der Waals surface area (Å²) < 4.78 is 13.1. The molecule has 2 N–H and O–H groups in total. The zero-order valence-electron chi connectivity index (χ0n) is 11.0. The van der Waals surface area contributed by atoms with Crippen molar-refractivity contribution in [1.29, 1.82) is 0 Å². The summed E-state index contributed by atoms with van der Waals surface area (Å²) in [6.07, 6.45) is 1.77. The molecule has 0 saturated heterocycles. The van der Waals surface area contributed by atoms with E-state index in [2.05, 4.69) is 29.4 Å². The van der Waals surface area contributed by atoms with Crippen LogP contribution in [0.2, 0.25) is 5.02 Å². The van der Waals surface area contributed by atoms with Crippen molar-refractivity contribution in [1.82, 2.24) is 15.5 Å². The van der Waals surface area contributed by atoms with E-state index in [0.717, 1.165) is 23.4 Å². The molecule has 1 aromatic heterocycles. The largest absolute Gasteiger partial charge is 0.312 e. The van der Waals surface area contributed by atoms with E-state index in [1.165, 1.54) is 12.1 Å². The van der Waals surface area contributed by atoms with Crippen molar-refractivity contribution in [3.05, 3.63) is 40.8 Å². The predicted molar refractivity (Wildman–Crippen MR) is 75.5 cm³/mol. The summed E-state index contributed by atoms with van der Waals surface area (Å²) in [5, 5.41) is 10.7. The molecule has 0 radical (unpaired) electrons. The van der Waals surface area contributed by atoms with Crippen LogP contribution in [0.15, 0.2) is 24.4 Å². The first kappa shape index (κ1) is 14.0. The third kappa shape index (κ3) is 3.55. The van der Waals surface area contributed by atoms with Gasteiger partial charge in [0.2, 0.25) is 0 Å². The average Bonchev–Trinajstić information content (AvgIpc) is 2.77. The van der Waals surface area contributed by atoms with Gasteiger partial charge in [-0.15, -0.1) is 0 Å². The van der Waals surface area contributed by atoms with Crippen LogP contribution in [0.1, 0.15) is 19.4 Å². The molecule has 0 bridgehead atoms.